The molecule has 0 aromatic heterocycles. The predicted octanol–water partition coefficient (Wildman–Crippen LogP) is 2.03. The number of nitrogens with zero attached hydrogens (tertiary/aromatic N) is 3. The van der Waals surface area contributed by atoms with Gasteiger partial charge in [-0.2, -0.15) is 0 Å². The van der Waals surface area contributed by atoms with Crippen molar-refractivity contribution in [3.63, 3.8) is 0 Å². The van der Waals surface area contributed by atoms with Crippen LogP contribution in [0.5, 0.6) is 0 Å². The zero-order valence-corrected chi connectivity index (χ0v) is 8.87. The Morgan fingerprint density at radius 3 is 1.71 bits per heavy atom. The molecule has 0 fully saturated rings. The summed E-state index contributed by atoms with van der Waals surface area (Å²) in [6, 6.07) is 0.959. The monoisotopic (exact) mass is 241 g/mol. The van der Waals surface area contributed by atoms with Crippen molar-refractivity contribution in [2.75, 3.05) is 0 Å². The lowest BCUT2D eigenvalue weighted by atomic mass is 10.1. The van der Waals surface area contributed by atoms with Gasteiger partial charge < -0.3 is 0 Å². The first-order chi connectivity index (χ1) is 7.77. The Hall–Kier alpha value is -2.58. The molecule has 0 amide bonds. The molecule has 0 saturated carbocycles. The molecule has 0 heterocycles. The smallest absolute Gasteiger partial charge is 0.258 e. The van der Waals surface area contributed by atoms with E-state index in [1.165, 1.54) is 13.8 Å². The largest absolute Gasteiger partial charge is 0.422 e. The van der Waals surface area contributed by atoms with Gasteiger partial charge in [-0.05, 0) is 19.4 Å². The summed E-state index contributed by atoms with van der Waals surface area (Å²) in [5, 5.41) is 32.1. The van der Waals surface area contributed by atoms with E-state index in [1.54, 1.807) is 0 Å². The Morgan fingerprint density at radius 1 is 0.882 bits per heavy atom. The molecule has 9 nitrogen and oxygen atoms in total. The van der Waals surface area contributed by atoms with Gasteiger partial charge in [0.25, 0.3) is 0 Å². The summed E-state index contributed by atoms with van der Waals surface area (Å²) >= 11 is 0. The van der Waals surface area contributed by atoms with Gasteiger partial charge in [-0.25, -0.2) is 0 Å². The van der Waals surface area contributed by atoms with E-state index in [9.17, 15) is 30.3 Å². The maximum Gasteiger partial charge on any atom is 0.422 e. The fraction of sp³-hybridized carbons (Fsp3) is 0.250. The van der Waals surface area contributed by atoms with Gasteiger partial charge in [-0.15, -0.1) is 0 Å². The highest BCUT2D eigenvalue weighted by Crippen LogP contribution is 2.40. The molecule has 1 rings (SSSR count). The van der Waals surface area contributed by atoms with Crippen molar-refractivity contribution in [3.8, 4) is 0 Å². The van der Waals surface area contributed by atoms with E-state index in [1.807, 2.05) is 0 Å². The summed E-state index contributed by atoms with van der Waals surface area (Å²) < 4.78 is 0. The molecule has 0 aliphatic carbocycles. The molecule has 90 valence electrons. The van der Waals surface area contributed by atoms with Gasteiger partial charge >= 0.3 is 17.1 Å². The molecule has 0 atom stereocenters. The van der Waals surface area contributed by atoms with E-state index >= 15 is 0 Å². The van der Waals surface area contributed by atoms with E-state index in [4.69, 9.17) is 0 Å². The van der Waals surface area contributed by atoms with Crippen molar-refractivity contribution in [2.24, 2.45) is 0 Å². The van der Waals surface area contributed by atoms with Crippen LogP contribution in [0, 0.1) is 44.2 Å². The van der Waals surface area contributed by atoms with Crippen LogP contribution in [0.2, 0.25) is 0 Å². The third-order valence-electron chi connectivity index (χ3n) is 2.33. The summed E-state index contributed by atoms with van der Waals surface area (Å²) in [4.78, 5) is 29.0. The minimum atomic E-state index is -1.11. The van der Waals surface area contributed by atoms with Crippen LogP contribution >= 0.6 is 0 Å². The van der Waals surface area contributed by atoms with Gasteiger partial charge in [0.1, 0.15) is 0 Å². The van der Waals surface area contributed by atoms with Crippen LogP contribution in [0.25, 0.3) is 0 Å². The van der Waals surface area contributed by atoms with Crippen LogP contribution in [-0.2, 0) is 0 Å². The molecule has 1 aromatic rings. The number of rotatable bonds is 3. The second-order valence-corrected chi connectivity index (χ2v) is 3.31. The number of nitro benzene ring substituents is 3. The second-order valence-electron chi connectivity index (χ2n) is 3.31. The molecule has 9 heteroatoms. The first-order valence-electron chi connectivity index (χ1n) is 4.34. The third kappa shape index (κ3) is 2.02. The van der Waals surface area contributed by atoms with Crippen molar-refractivity contribution in [1.29, 1.82) is 0 Å². The van der Waals surface area contributed by atoms with Crippen LogP contribution in [0.4, 0.5) is 17.1 Å². The van der Waals surface area contributed by atoms with Crippen LogP contribution in [0.3, 0.4) is 0 Å². The molecule has 0 unspecified atom stereocenters. The Kier molecular flexibility index (Phi) is 3.03. The summed E-state index contributed by atoms with van der Waals surface area (Å²) in [6.45, 7) is 2.73. The third-order valence-corrected chi connectivity index (χ3v) is 2.33. The maximum absolute atomic E-state index is 10.8. The van der Waals surface area contributed by atoms with Gasteiger partial charge in [-0.3, -0.25) is 30.3 Å². The van der Waals surface area contributed by atoms with Crippen molar-refractivity contribution in [3.05, 3.63) is 47.5 Å². The predicted molar refractivity (Wildman–Crippen MR) is 55.9 cm³/mol. The van der Waals surface area contributed by atoms with Crippen molar-refractivity contribution < 1.29 is 14.8 Å². The SMILES string of the molecule is Cc1cc([N+](=O)[O-])c([N+](=O)[O-])c([N+](=O)[O-])c1C. The normalized spacial score (nSPS) is 10.0. The Balaban J connectivity index is 3.83. The van der Waals surface area contributed by atoms with E-state index in [0.717, 1.165) is 6.07 Å². The minimum absolute atomic E-state index is 0.0484. The van der Waals surface area contributed by atoms with Crippen molar-refractivity contribution in [1.82, 2.24) is 0 Å². The number of hydrogen-bond donors (Lipinski definition) is 0. The van der Waals surface area contributed by atoms with Crippen LogP contribution < -0.4 is 0 Å². The Morgan fingerprint density at radius 2 is 1.35 bits per heavy atom. The number of aryl methyl sites for hydroxylation is 1. The average molecular weight is 241 g/mol. The number of nitro groups is 3. The van der Waals surface area contributed by atoms with Gasteiger partial charge in [0.2, 0.25) is 0 Å². The Labute approximate surface area is 94.1 Å². The van der Waals surface area contributed by atoms with Gasteiger partial charge in [-0.1, -0.05) is 0 Å². The van der Waals surface area contributed by atoms with E-state index in [0.29, 0.717) is 0 Å². The quantitative estimate of drug-likeness (QED) is 0.587. The lowest BCUT2D eigenvalue weighted by Crippen LogP contribution is -2.04. The molecule has 0 saturated heterocycles. The molecule has 0 aliphatic rings. The van der Waals surface area contributed by atoms with Gasteiger partial charge in [0.15, 0.2) is 0 Å². The lowest BCUT2D eigenvalue weighted by Gasteiger charge is -2.02. The maximum atomic E-state index is 10.8. The molecule has 0 spiro atoms. The highest BCUT2D eigenvalue weighted by molar-refractivity contribution is 5.70. The fourth-order valence-electron chi connectivity index (χ4n) is 1.41. The lowest BCUT2D eigenvalue weighted by molar-refractivity contribution is -0.441. The first-order valence-corrected chi connectivity index (χ1v) is 4.34. The van der Waals surface area contributed by atoms with E-state index in [-0.39, 0.29) is 11.1 Å². The summed E-state index contributed by atoms with van der Waals surface area (Å²) in [5.74, 6) is 0. The van der Waals surface area contributed by atoms with Crippen molar-refractivity contribution in [2.45, 2.75) is 13.8 Å². The molecule has 17 heavy (non-hydrogen) atoms. The number of benzene rings is 1. The van der Waals surface area contributed by atoms with Crippen LogP contribution in [-0.4, -0.2) is 14.8 Å². The highest BCUT2D eigenvalue weighted by Gasteiger charge is 2.38. The number of hydrogen-bond acceptors (Lipinski definition) is 6. The van der Waals surface area contributed by atoms with Gasteiger partial charge in [0, 0.05) is 11.6 Å². The summed E-state index contributed by atoms with van der Waals surface area (Å²) in [5.41, 5.74) is -2.48. The average Bonchev–Trinajstić information content (AvgIpc) is 2.19. The molecule has 1 aromatic carbocycles. The van der Waals surface area contributed by atoms with Crippen molar-refractivity contribution >= 4 is 17.1 Å². The fourth-order valence-corrected chi connectivity index (χ4v) is 1.41. The Bertz CT molecular complexity index is 539. The van der Waals surface area contributed by atoms with E-state index in [2.05, 4.69) is 0 Å². The zero-order valence-electron chi connectivity index (χ0n) is 8.87. The molecular weight excluding hydrogens is 234 g/mol. The summed E-state index contributed by atoms with van der Waals surface area (Å²) in [7, 11) is 0. The minimum Gasteiger partial charge on any atom is -0.258 e. The highest BCUT2D eigenvalue weighted by atomic mass is 16.6. The molecular formula is C8H7N3O6. The van der Waals surface area contributed by atoms with Crippen LogP contribution in [0.15, 0.2) is 6.07 Å². The standard InChI is InChI=1S/C8H7N3O6/c1-4-3-6(9(12)13)8(11(16)17)7(5(4)2)10(14)15/h3H,1-2H3. The topological polar surface area (TPSA) is 129 Å². The molecule has 0 bridgehead atoms. The summed E-state index contributed by atoms with van der Waals surface area (Å²) in [6.07, 6.45) is 0. The molecule has 0 aliphatic heterocycles. The molecule has 0 N–H and O–H groups in total. The molecule has 0 radical (unpaired) electrons. The zero-order chi connectivity index (χ0) is 13.3. The van der Waals surface area contributed by atoms with Crippen LogP contribution in [0.1, 0.15) is 11.1 Å². The van der Waals surface area contributed by atoms with Gasteiger partial charge in [0.05, 0.1) is 14.8 Å². The second kappa shape index (κ2) is 4.12. The van der Waals surface area contributed by atoms with E-state index < -0.39 is 31.8 Å². The first kappa shape index (κ1) is 12.5.